The third-order valence-corrected chi connectivity index (χ3v) is 4.76. The first kappa shape index (κ1) is 28.0. The van der Waals surface area contributed by atoms with Crippen LogP contribution in [0, 0.1) is 0 Å². The zero-order valence-corrected chi connectivity index (χ0v) is 18.2. The molecule has 0 bridgehead atoms. The summed E-state index contributed by atoms with van der Waals surface area (Å²) < 4.78 is 30.8. The van der Waals surface area contributed by atoms with E-state index in [1.807, 2.05) is 0 Å². The van der Waals surface area contributed by atoms with E-state index in [1.54, 1.807) is 0 Å². The molecule has 0 radical (unpaired) electrons. The largest absolute Gasteiger partial charge is 0.472 e. The predicted molar refractivity (Wildman–Crippen MR) is 104 cm³/mol. The topological polar surface area (TPSA) is 149 Å². The van der Waals surface area contributed by atoms with Crippen molar-refractivity contribution in [3.63, 3.8) is 0 Å². The van der Waals surface area contributed by atoms with Crippen molar-refractivity contribution in [1.29, 1.82) is 0 Å². The molecule has 0 aromatic carbocycles. The number of rotatable bonds is 18. The lowest BCUT2D eigenvalue weighted by Crippen LogP contribution is -2.29. The number of esters is 2. The van der Waals surface area contributed by atoms with Crippen LogP contribution in [0.2, 0.25) is 0 Å². The molecule has 0 fully saturated rings. The van der Waals surface area contributed by atoms with Gasteiger partial charge < -0.3 is 24.6 Å². The highest BCUT2D eigenvalue weighted by Crippen LogP contribution is 2.43. The predicted octanol–water partition coefficient (Wildman–Crippen LogP) is 2.09. The van der Waals surface area contributed by atoms with Crippen LogP contribution in [-0.4, -0.2) is 65.7 Å². The second-order valence-electron chi connectivity index (χ2n) is 6.68. The Balaban J connectivity index is 4.19. The van der Waals surface area contributed by atoms with Crippen LogP contribution in [0.4, 0.5) is 0 Å². The van der Waals surface area contributed by atoms with Crippen molar-refractivity contribution in [2.45, 2.75) is 77.4 Å². The van der Waals surface area contributed by atoms with Crippen molar-refractivity contribution in [1.82, 2.24) is 0 Å². The zero-order valence-electron chi connectivity index (χ0n) is 17.3. The minimum absolute atomic E-state index is 0.238. The van der Waals surface area contributed by atoms with Gasteiger partial charge in [0.05, 0.1) is 19.8 Å². The average molecular weight is 442 g/mol. The molecular weight excluding hydrogens is 407 g/mol. The van der Waals surface area contributed by atoms with E-state index in [-0.39, 0.29) is 13.0 Å². The second kappa shape index (κ2) is 16.7. The lowest BCUT2D eigenvalue weighted by molar-refractivity contribution is -0.159. The number of carbonyl (C=O) groups is 2. The van der Waals surface area contributed by atoms with E-state index in [0.717, 1.165) is 26.2 Å². The van der Waals surface area contributed by atoms with Gasteiger partial charge in [-0.1, -0.05) is 45.4 Å². The maximum absolute atomic E-state index is 11.8. The number of ether oxygens (including phenoxy) is 2. The lowest BCUT2D eigenvalue weighted by Gasteiger charge is -2.19. The van der Waals surface area contributed by atoms with Crippen molar-refractivity contribution in [2.24, 2.45) is 0 Å². The minimum atomic E-state index is -4.54. The van der Waals surface area contributed by atoms with Gasteiger partial charge in [-0.15, -0.1) is 0 Å². The molecule has 0 saturated heterocycles. The Kier molecular flexibility index (Phi) is 16.1. The molecule has 0 spiro atoms. The van der Waals surface area contributed by atoms with Crippen LogP contribution in [0.25, 0.3) is 0 Å². The van der Waals surface area contributed by atoms with Crippen LogP contribution < -0.4 is 0 Å². The number of aliphatic hydroxyl groups excluding tert-OH is 2. The highest BCUT2D eigenvalue weighted by atomic mass is 31.2. The van der Waals surface area contributed by atoms with E-state index in [4.69, 9.17) is 24.2 Å². The van der Waals surface area contributed by atoms with Crippen molar-refractivity contribution in [2.75, 3.05) is 26.4 Å². The van der Waals surface area contributed by atoms with Crippen molar-refractivity contribution in [3.05, 3.63) is 0 Å². The summed E-state index contributed by atoms with van der Waals surface area (Å²) in [6.07, 6.45) is 5.25. The lowest BCUT2D eigenvalue weighted by atomic mass is 10.1. The first-order chi connectivity index (χ1) is 13.7. The first-order valence-corrected chi connectivity index (χ1v) is 11.4. The maximum Gasteiger partial charge on any atom is 0.472 e. The SMILES string of the molecule is CCCCCCCCCC(=O)OC[C@H](COP(=O)(O)OC[C@@H](O)CO)OC(C)=O. The van der Waals surface area contributed by atoms with E-state index < -0.39 is 51.8 Å². The average Bonchev–Trinajstić information content (AvgIpc) is 2.67. The van der Waals surface area contributed by atoms with Crippen LogP contribution in [0.1, 0.15) is 65.2 Å². The number of aliphatic hydroxyl groups is 2. The molecule has 0 aromatic heterocycles. The summed E-state index contributed by atoms with van der Waals surface area (Å²) in [7, 11) is -4.54. The molecule has 3 atom stereocenters. The van der Waals surface area contributed by atoms with Gasteiger partial charge in [0.15, 0.2) is 6.10 Å². The molecule has 10 nitrogen and oxygen atoms in total. The molecule has 0 amide bonds. The molecular formula is C18H35O10P. The first-order valence-electron chi connectivity index (χ1n) is 9.93. The van der Waals surface area contributed by atoms with Crippen molar-refractivity contribution < 1.29 is 47.8 Å². The van der Waals surface area contributed by atoms with Gasteiger partial charge in [-0.2, -0.15) is 0 Å². The number of phosphoric acid groups is 1. The molecule has 3 N–H and O–H groups in total. The summed E-state index contributed by atoms with van der Waals surface area (Å²) in [5, 5.41) is 17.8. The van der Waals surface area contributed by atoms with Crippen LogP contribution in [0.5, 0.6) is 0 Å². The van der Waals surface area contributed by atoms with Gasteiger partial charge >= 0.3 is 19.8 Å². The molecule has 1 unspecified atom stereocenters. The molecule has 0 aliphatic carbocycles. The summed E-state index contributed by atoms with van der Waals surface area (Å²) in [6, 6.07) is 0. The normalized spacial score (nSPS) is 15.3. The zero-order chi connectivity index (χ0) is 22.1. The van der Waals surface area contributed by atoms with E-state index in [0.29, 0.717) is 6.42 Å². The minimum Gasteiger partial charge on any atom is -0.462 e. The Labute approximate surface area is 172 Å². The van der Waals surface area contributed by atoms with Crippen LogP contribution in [0.3, 0.4) is 0 Å². The van der Waals surface area contributed by atoms with E-state index >= 15 is 0 Å². The second-order valence-corrected chi connectivity index (χ2v) is 8.14. The molecule has 11 heteroatoms. The van der Waals surface area contributed by atoms with Gasteiger partial charge in [-0.3, -0.25) is 18.6 Å². The van der Waals surface area contributed by atoms with Crippen molar-refractivity contribution in [3.8, 4) is 0 Å². The Morgan fingerprint density at radius 3 is 2.14 bits per heavy atom. The molecule has 0 aliphatic heterocycles. The third kappa shape index (κ3) is 17.5. The fourth-order valence-corrected chi connectivity index (χ4v) is 3.07. The summed E-state index contributed by atoms with van der Waals surface area (Å²) in [5.74, 6) is -1.13. The summed E-state index contributed by atoms with van der Waals surface area (Å²) >= 11 is 0. The number of unbranched alkanes of at least 4 members (excludes halogenated alkanes) is 6. The van der Waals surface area contributed by atoms with Gasteiger partial charge in [0.25, 0.3) is 0 Å². The van der Waals surface area contributed by atoms with E-state index in [2.05, 4.69) is 11.4 Å². The summed E-state index contributed by atoms with van der Waals surface area (Å²) in [6.45, 7) is 1.15. The van der Waals surface area contributed by atoms with Gasteiger partial charge in [-0.05, 0) is 6.42 Å². The Morgan fingerprint density at radius 1 is 0.966 bits per heavy atom. The number of carbonyl (C=O) groups excluding carboxylic acids is 2. The Hall–Kier alpha value is -1.03. The number of hydrogen-bond donors (Lipinski definition) is 3. The molecule has 0 heterocycles. The highest BCUT2D eigenvalue weighted by Gasteiger charge is 2.26. The Bertz CT molecular complexity index is 499. The summed E-state index contributed by atoms with van der Waals surface area (Å²) in [4.78, 5) is 32.5. The summed E-state index contributed by atoms with van der Waals surface area (Å²) in [5.41, 5.74) is 0. The van der Waals surface area contributed by atoms with Gasteiger partial charge in [0, 0.05) is 13.3 Å². The molecule has 0 aliphatic rings. The third-order valence-electron chi connectivity index (χ3n) is 3.81. The van der Waals surface area contributed by atoms with Gasteiger partial charge in [0.1, 0.15) is 12.7 Å². The molecule has 0 aromatic rings. The molecule has 0 saturated carbocycles. The smallest absolute Gasteiger partial charge is 0.462 e. The number of hydrogen-bond acceptors (Lipinski definition) is 9. The van der Waals surface area contributed by atoms with Crippen LogP contribution in [-0.2, 0) is 32.7 Å². The standard InChI is InChI=1S/C18H35O10P/c1-3-4-5-6-7-8-9-10-18(22)25-13-17(28-15(2)20)14-27-29(23,24)26-12-16(21)11-19/h16-17,19,21H,3-14H2,1-2H3,(H,23,24)/t16-,17+/m0/s1. The van der Waals surface area contributed by atoms with Crippen LogP contribution >= 0.6 is 7.82 Å². The fraction of sp³-hybridized carbons (Fsp3) is 0.889. The molecule has 0 rings (SSSR count). The van der Waals surface area contributed by atoms with Gasteiger partial charge in [-0.25, -0.2) is 4.57 Å². The quantitative estimate of drug-likeness (QED) is 0.164. The van der Waals surface area contributed by atoms with Crippen LogP contribution in [0.15, 0.2) is 0 Å². The maximum atomic E-state index is 11.8. The Morgan fingerprint density at radius 2 is 1.55 bits per heavy atom. The fourth-order valence-electron chi connectivity index (χ4n) is 2.28. The van der Waals surface area contributed by atoms with E-state index in [1.165, 1.54) is 19.3 Å². The number of phosphoric ester groups is 1. The highest BCUT2D eigenvalue weighted by molar-refractivity contribution is 7.47. The van der Waals surface area contributed by atoms with E-state index in [9.17, 15) is 19.0 Å². The monoisotopic (exact) mass is 442 g/mol. The molecule has 172 valence electrons. The molecule has 29 heavy (non-hydrogen) atoms. The van der Waals surface area contributed by atoms with Crippen molar-refractivity contribution >= 4 is 19.8 Å². The van der Waals surface area contributed by atoms with Gasteiger partial charge in [0.2, 0.25) is 0 Å².